The first-order valence-electron chi connectivity index (χ1n) is 8.44. The summed E-state index contributed by atoms with van der Waals surface area (Å²) in [7, 11) is 0. The minimum Gasteiger partial charge on any atom is -0.460 e. The maximum Gasteiger partial charge on any atom is 0.337 e. The van der Waals surface area contributed by atoms with Crippen LogP contribution in [0.4, 0.5) is 10.2 Å². The molecule has 0 bridgehead atoms. The zero-order valence-corrected chi connectivity index (χ0v) is 16.2. The molecule has 0 saturated heterocycles. The number of thioether (sulfide) groups is 1. The van der Waals surface area contributed by atoms with Gasteiger partial charge >= 0.3 is 5.97 Å². The van der Waals surface area contributed by atoms with Crippen molar-refractivity contribution >= 4 is 23.5 Å². The van der Waals surface area contributed by atoms with Gasteiger partial charge in [-0.25, -0.2) is 14.2 Å². The van der Waals surface area contributed by atoms with Crippen molar-refractivity contribution in [2.75, 3.05) is 11.6 Å². The van der Waals surface area contributed by atoms with E-state index in [1.54, 1.807) is 39.2 Å². The van der Waals surface area contributed by atoms with Crippen LogP contribution in [0.15, 0.2) is 45.5 Å². The number of hydrogen-bond acceptors (Lipinski definition) is 6. The minimum absolute atomic E-state index is 0.264. The van der Waals surface area contributed by atoms with Crippen LogP contribution in [-0.2, 0) is 9.53 Å². The van der Waals surface area contributed by atoms with E-state index >= 15 is 0 Å². The molecule has 0 saturated carbocycles. The monoisotopic (exact) mass is 389 g/mol. The molecule has 0 amide bonds. The molecule has 0 spiro atoms. The van der Waals surface area contributed by atoms with Crippen molar-refractivity contribution in [1.82, 2.24) is 9.97 Å². The fraction of sp³-hybridized carbons (Fsp3) is 0.316. The summed E-state index contributed by atoms with van der Waals surface area (Å²) < 4.78 is 19.3. The first-order valence-corrected chi connectivity index (χ1v) is 9.66. The van der Waals surface area contributed by atoms with Gasteiger partial charge in [-0.1, -0.05) is 23.9 Å². The number of rotatable bonds is 4. The van der Waals surface area contributed by atoms with Gasteiger partial charge in [-0.3, -0.25) is 4.79 Å². The average Bonchev–Trinajstić information content (AvgIpc) is 2.59. The predicted octanol–water partition coefficient (Wildman–Crippen LogP) is 3.41. The summed E-state index contributed by atoms with van der Waals surface area (Å²) >= 11 is 1.30. The number of H-pyrrole nitrogens is 1. The molecular weight excluding hydrogens is 369 g/mol. The number of aromatic amines is 1. The van der Waals surface area contributed by atoms with Gasteiger partial charge in [0, 0.05) is 5.70 Å². The van der Waals surface area contributed by atoms with Gasteiger partial charge < -0.3 is 15.0 Å². The predicted molar refractivity (Wildman–Crippen MR) is 102 cm³/mol. The van der Waals surface area contributed by atoms with Gasteiger partial charge in [0.1, 0.15) is 11.6 Å². The maximum atomic E-state index is 13.9. The van der Waals surface area contributed by atoms with Crippen molar-refractivity contribution < 1.29 is 13.9 Å². The van der Waals surface area contributed by atoms with Gasteiger partial charge in [0.25, 0.3) is 5.56 Å². The lowest BCUT2D eigenvalue weighted by molar-refractivity contribution is -0.143. The van der Waals surface area contributed by atoms with Crippen molar-refractivity contribution in [2.24, 2.45) is 0 Å². The number of nitrogens with zero attached hydrogens (tertiary/aromatic N) is 1. The zero-order valence-electron chi connectivity index (χ0n) is 15.4. The molecule has 1 aliphatic heterocycles. The van der Waals surface area contributed by atoms with Crippen LogP contribution in [0.5, 0.6) is 0 Å². The number of nitrogens with one attached hydrogen (secondary N) is 2. The number of aromatic nitrogens is 2. The van der Waals surface area contributed by atoms with E-state index in [0.29, 0.717) is 22.2 Å². The normalized spacial score (nSPS) is 16.1. The van der Waals surface area contributed by atoms with Crippen molar-refractivity contribution in [3.8, 4) is 0 Å². The zero-order chi connectivity index (χ0) is 19.7. The molecule has 3 rings (SSSR count). The summed E-state index contributed by atoms with van der Waals surface area (Å²) in [6.07, 6.45) is 1.47. The number of fused-ring (bicyclic) bond motifs is 1. The number of halogens is 1. The van der Waals surface area contributed by atoms with Gasteiger partial charge in [-0.05, 0) is 44.7 Å². The molecule has 1 aromatic heterocycles. The third-order valence-corrected chi connectivity index (χ3v) is 4.74. The van der Waals surface area contributed by atoms with Crippen molar-refractivity contribution in [1.29, 1.82) is 0 Å². The lowest BCUT2D eigenvalue weighted by Gasteiger charge is -2.29. The smallest absolute Gasteiger partial charge is 0.337 e. The number of esters is 1. The molecule has 2 aromatic rings. The Morgan fingerprint density at radius 2 is 2.11 bits per heavy atom. The first kappa shape index (κ1) is 19.2. The maximum absolute atomic E-state index is 13.9. The van der Waals surface area contributed by atoms with Crippen LogP contribution in [0.2, 0.25) is 0 Å². The summed E-state index contributed by atoms with van der Waals surface area (Å²) in [5.41, 5.74) is 1.16. The van der Waals surface area contributed by atoms with Crippen LogP contribution >= 0.6 is 11.8 Å². The van der Waals surface area contributed by atoms with E-state index in [-0.39, 0.29) is 22.8 Å². The fourth-order valence-corrected chi connectivity index (χ4v) is 3.47. The molecule has 6 nitrogen and oxygen atoms in total. The number of benzene rings is 1. The largest absolute Gasteiger partial charge is 0.460 e. The van der Waals surface area contributed by atoms with E-state index in [1.807, 2.05) is 0 Å². The van der Waals surface area contributed by atoms with Gasteiger partial charge in [0.2, 0.25) is 0 Å². The Bertz CT molecular complexity index is 984. The van der Waals surface area contributed by atoms with Gasteiger partial charge in [0.05, 0.1) is 23.2 Å². The Labute approximate surface area is 160 Å². The molecule has 1 atom stereocenters. The van der Waals surface area contributed by atoms with E-state index in [2.05, 4.69) is 15.3 Å². The van der Waals surface area contributed by atoms with Crippen molar-refractivity contribution in [3.63, 3.8) is 0 Å². The van der Waals surface area contributed by atoms with Crippen LogP contribution in [0.1, 0.15) is 37.8 Å². The molecule has 0 unspecified atom stereocenters. The second kappa shape index (κ2) is 7.56. The highest BCUT2D eigenvalue weighted by Gasteiger charge is 2.36. The molecule has 0 aliphatic carbocycles. The standard InChI is InChI=1S/C19H20FN3O3S/c1-9(2)26-18(25)13-10(3)21-16-15(17(24)23-19(22-16)27-4)14(13)11-6-5-7-12(20)8-11/h5-9,14H,1-4H3,(H2,21,22,23,24)/t14-/m0/s1. The summed E-state index contributed by atoms with van der Waals surface area (Å²) in [4.78, 5) is 32.7. The lowest BCUT2D eigenvalue weighted by Crippen LogP contribution is -2.31. The van der Waals surface area contributed by atoms with Gasteiger partial charge in [-0.15, -0.1) is 0 Å². The molecule has 2 N–H and O–H groups in total. The molecule has 8 heteroatoms. The molecule has 0 radical (unpaired) electrons. The van der Waals surface area contributed by atoms with Crippen LogP contribution in [-0.4, -0.2) is 28.3 Å². The van der Waals surface area contributed by atoms with E-state index in [4.69, 9.17) is 4.74 Å². The fourth-order valence-electron chi connectivity index (χ4n) is 3.10. The van der Waals surface area contributed by atoms with Crippen LogP contribution in [0.25, 0.3) is 0 Å². The number of carbonyl (C=O) groups is 1. The van der Waals surface area contributed by atoms with Crippen LogP contribution < -0.4 is 10.9 Å². The van der Waals surface area contributed by atoms with E-state index in [0.717, 1.165) is 0 Å². The Balaban J connectivity index is 2.25. The third-order valence-electron chi connectivity index (χ3n) is 4.16. The summed E-state index contributed by atoms with van der Waals surface area (Å²) in [5.74, 6) is -1.43. The van der Waals surface area contributed by atoms with Crippen LogP contribution in [0.3, 0.4) is 0 Å². The summed E-state index contributed by atoms with van der Waals surface area (Å²) in [5, 5.41) is 3.48. The Morgan fingerprint density at radius 1 is 1.37 bits per heavy atom. The highest BCUT2D eigenvalue weighted by molar-refractivity contribution is 7.98. The second-order valence-electron chi connectivity index (χ2n) is 6.44. The summed E-state index contributed by atoms with van der Waals surface area (Å²) in [6, 6.07) is 5.86. The Morgan fingerprint density at radius 3 is 2.74 bits per heavy atom. The van der Waals surface area contributed by atoms with Crippen molar-refractivity contribution in [3.05, 3.63) is 62.8 Å². The molecule has 0 fully saturated rings. The SMILES string of the molecule is CSc1nc2c(c(=O)[nH]1)[C@@H](c1cccc(F)c1)C(C(=O)OC(C)C)=C(C)N2. The lowest BCUT2D eigenvalue weighted by atomic mass is 9.82. The number of anilines is 1. The van der Waals surface area contributed by atoms with E-state index < -0.39 is 17.7 Å². The van der Waals surface area contributed by atoms with Gasteiger partial charge in [-0.2, -0.15) is 0 Å². The second-order valence-corrected chi connectivity index (χ2v) is 7.24. The Hall–Kier alpha value is -2.61. The number of carbonyl (C=O) groups excluding carboxylic acids is 1. The third kappa shape index (κ3) is 3.75. The first-order chi connectivity index (χ1) is 12.8. The molecule has 142 valence electrons. The molecule has 1 aromatic carbocycles. The topological polar surface area (TPSA) is 84.1 Å². The van der Waals surface area contributed by atoms with E-state index in [1.165, 1.54) is 23.9 Å². The number of allylic oxidation sites excluding steroid dienone is 1. The highest BCUT2D eigenvalue weighted by atomic mass is 32.2. The van der Waals surface area contributed by atoms with Gasteiger partial charge in [0.15, 0.2) is 5.16 Å². The number of ether oxygens (including phenoxy) is 1. The molecule has 2 heterocycles. The molecule has 27 heavy (non-hydrogen) atoms. The van der Waals surface area contributed by atoms with E-state index in [9.17, 15) is 14.0 Å². The molecule has 1 aliphatic rings. The number of hydrogen-bond donors (Lipinski definition) is 2. The Kier molecular flexibility index (Phi) is 5.36. The molecular formula is C19H20FN3O3S. The highest BCUT2D eigenvalue weighted by Crippen LogP contribution is 2.40. The quantitative estimate of drug-likeness (QED) is 0.474. The average molecular weight is 389 g/mol. The van der Waals surface area contributed by atoms with Crippen LogP contribution in [0, 0.1) is 5.82 Å². The summed E-state index contributed by atoms with van der Waals surface area (Å²) in [6.45, 7) is 5.20. The van der Waals surface area contributed by atoms with Crippen molar-refractivity contribution in [2.45, 2.75) is 37.9 Å². The minimum atomic E-state index is -0.782.